The zero-order valence-corrected chi connectivity index (χ0v) is 17.0. The lowest BCUT2D eigenvalue weighted by Gasteiger charge is -2.07. The first-order chi connectivity index (χ1) is 13.6. The molecule has 0 radical (unpaired) electrons. The van der Waals surface area contributed by atoms with Gasteiger partial charge in [0.15, 0.2) is 0 Å². The monoisotopic (exact) mass is 379 g/mol. The summed E-state index contributed by atoms with van der Waals surface area (Å²) in [7, 11) is 0. The predicted molar refractivity (Wildman–Crippen MR) is 114 cm³/mol. The molecule has 4 heteroatoms. The number of ether oxygens (including phenoxy) is 1. The third-order valence-electron chi connectivity index (χ3n) is 4.86. The number of fused-ring (bicyclic) bond motifs is 1. The molecular formula is C24H29NO3. The maximum absolute atomic E-state index is 12.9. The van der Waals surface area contributed by atoms with Gasteiger partial charge in [-0.25, -0.2) is 0 Å². The van der Waals surface area contributed by atoms with E-state index in [2.05, 4.69) is 31.3 Å². The van der Waals surface area contributed by atoms with Crippen LogP contribution in [0.3, 0.4) is 0 Å². The van der Waals surface area contributed by atoms with Gasteiger partial charge in [0, 0.05) is 11.1 Å². The number of aryl methyl sites for hydroxylation is 2. The molecule has 0 fully saturated rings. The van der Waals surface area contributed by atoms with Crippen molar-refractivity contribution in [3.63, 3.8) is 0 Å². The van der Waals surface area contributed by atoms with Crippen molar-refractivity contribution >= 4 is 22.6 Å². The van der Waals surface area contributed by atoms with Crippen LogP contribution in [0.4, 0.5) is 5.69 Å². The van der Waals surface area contributed by atoms with Gasteiger partial charge in [-0.1, -0.05) is 38.8 Å². The van der Waals surface area contributed by atoms with Crippen molar-refractivity contribution in [2.24, 2.45) is 0 Å². The summed E-state index contributed by atoms with van der Waals surface area (Å²) in [5.74, 6) is 1.21. The second-order valence-corrected chi connectivity index (χ2v) is 7.15. The van der Waals surface area contributed by atoms with Gasteiger partial charge in [-0.2, -0.15) is 0 Å². The van der Waals surface area contributed by atoms with Crippen LogP contribution in [-0.2, 0) is 6.42 Å². The second-order valence-electron chi connectivity index (χ2n) is 7.15. The molecule has 0 unspecified atom stereocenters. The molecule has 0 aliphatic rings. The van der Waals surface area contributed by atoms with Crippen LogP contribution in [0, 0.1) is 6.92 Å². The molecule has 3 aromatic rings. The largest absolute Gasteiger partial charge is 0.494 e. The number of rotatable bonds is 9. The molecule has 2 aromatic carbocycles. The van der Waals surface area contributed by atoms with Crippen LogP contribution in [0.15, 0.2) is 46.9 Å². The number of carbonyl (C=O) groups is 1. The molecule has 0 aliphatic carbocycles. The van der Waals surface area contributed by atoms with E-state index in [4.69, 9.17) is 9.15 Å². The minimum atomic E-state index is -0.164. The number of unbranched alkanes of at least 4 members (excludes halogenated alkanes) is 2. The van der Waals surface area contributed by atoms with E-state index >= 15 is 0 Å². The first-order valence-electron chi connectivity index (χ1n) is 10.2. The fraction of sp³-hybridized carbons (Fsp3) is 0.375. The molecule has 1 aromatic heterocycles. The Morgan fingerprint density at radius 3 is 2.50 bits per heavy atom. The normalized spacial score (nSPS) is 11.0. The number of hydrogen-bond acceptors (Lipinski definition) is 3. The fourth-order valence-electron chi connectivity index (χ4n) is 3.23. The number of nitrogens with one attached hydrogen (secondary N) is 1. The molecule has 0 saturated heterocycles. The zero-order chi connectivity index (χ0) is 19.9. The number of hydrogen-bond donors (Lipinski definition) is 1. The van der Waals surface area contributed by atoms with Crippen molar-refractivity contribution in [1.82, 2.24) is 0 Å². The molecule has 28 heavy (non-hydrogen) atoms. The topological polar surface area (TPSA) is 51.5 Å². The lowest BCUT2D eigenvalue weighted by molar-refractivity contribution is 0.102. The van der Waals surface area contributed by atoms with Gasteiger partial charge in [-0.15, -0.1) is 0 Å². The molecule has 1 amide bonds. The van der Waals surface area contributed by atoms with E-state index in [0.29, 0.717) is 23.5 Å². The number of amides is 1. The van der Waals surface area contributed by atoms with Gasteiger partial charge in [0.2, 0.25) is 0 Å². The molecule has 148 valence electrons. The van der Waals surface area contributed by atoms with Gasteiger partial charge in [-0.05, 0) is 62.1 Å². The van der Waals surface area contributed by atoms with Gasteiger partial charge in [0.25, 0.3) is 5.91 Å². The molecule has 0 aliphatic heterocycles. The minimum Gasteiger partial charge on any atom is -0.494 e. The molecule has 0 atom stereocenters. The van der Waals surface area contributed by atoms with Gasteiger partial charge in [0.1, 0.15) is 17.1 Å². The molecular weight excluding hydrogens is 350 g/mol. The summed E-state index contributed by atoms with van der Waals surface area (Å²) in [5.41, 5.74) is 3.33. The Labute approximate surface area is 166 Å². The lowest BCUT2D eigenvalue weighted by atomic mass is 10.1. The van der Waals surface area contributed by atoms with Gasteiger partial charge >= 0.3 is 0 Å². The standard InChI is InChI=1S/C24H29NO3/c1-4-6-8-18-9-11-19(12-10-18)25-24(26)23-17(3)28-22-14-13-20(16-21(22)23)27-15-7-5-2/h9-14,16H,4-8,15H2,1-3H3,(H,25,26). The summed E-state index contributed by atoms with van der Waals surface area (Å²) in [6.07, 6.45) is 5.50. The maximum Gasteiger partial charge on any atom is 0.259 e. The first kappa shape index (κ1) is 20.0. The average Bonchev–Trinajstić information content (AvgIpc) is 3.03. The van der Waals surface area contributed by atoms with Crippen LogP contribution < -0.4 is 10.1 Å². The van der Waals surface area contributed by atoms with E-state index in [1.165, 1.54) is 18.4 Å². The van der Waals surface area contributed by atoms with Crippen molar-refractivity contribution in [3.8, 4) is 5.75 Å². The Balaban J connectivity index is 1.78. The smallest absolute Gasteiger partial charge is 0.259 e. The van der Waals surface area contributed by atoms with E-state index in [1.807, 2.05) is 37.3 Å². The molecule has 0 spiro atoms. The highest BCUT2D eigenvalue weighted by Gasteiger charge is 2.19. The Hall–Kier alpha value is -2.75. The first-order valence-corrected chi connectivity index (χ1v) is 10.2. The van der Waals surface area contributed by atoms with Crippen molar-refractivity contribution in [1.29, 1.82) is 0 Å². The van der Waals surface area contributed by atoms with Crippen LogP contribution in [0.1, 0.15) is 61.2 Å². The van der Waals surface area contributed by atoms with E-state index in [-0.39, 0.29) is 5.91 Å². The molecule has 4 nitrogen and oxygen atoms in total. The van der Waals surface area contributed by atoms with Crippen molar-refractivity contribution in [2.45, 2.75) is 52.9 Å². The number of carbonyl (C=O) groups excluding carboxylic acids is 1. The summed E-state index contributed by atoms with van der Waals surface area (Å²) >= 11 is 0. The maximum atomic E-state index is 12.9. The summed E-state index contributed by atoms with van der Waals surface area (Å²) in [6.45, 7) is 6.81. The van der Waals surface area contributed by atoms with Crippen LogP contribution in [0.25, 0.3) is 11.0 Å². The highest BCUT2D eigenvalue weighted by Crippen LogP contribution is 2.30. The van der Waals surface area contributed by atoms with Gasteiger partial charge in [0.05, 0.1) is 12.2 Å². The van der Waals surface area contributed by atoms with Gasteiger partial charge in [-0.3, -0.25) is 4.79 Å². The third-order valence-corrected chi connectivity index (χ3v) is 4.86. The Kier molecular flexibility index (Phi) is 6.75. The summed E-state index contributed by atoms with van der Waals surface area (Å²) in [5, 5.41) is 3.77. The minimum absolute atomic E-state index is 0.164. The second kappa shape index (κ2) is 9.45. The number of benzene rings is 2. The quantitative estimate of drug-likeness (QED) is 0.431. The highest BCUT2D eigenvalue weighted by molar-refractivity contribution is 6.13. The van der Waals surface area contributed by atoms with E-state index in [0.717, 1.165) is 36.1 Å². The van der Waals surface area contributed by atoms with Crippen LogP contribution >= 0.6 is 0 Å². The van der Waals surface area contributed by atoms with E-state index in [9.17, 15) is 4.79 Å². The fourth-order valence-corrected chi connectivity index (χ4v) is 3.23. The molecule has 0 saturated carbocycles. The molecule has 1 heterocycles. The van der Waals surface area contributed by atoms with Crippen molar-refractivity contribution in [3.05, 3.63) is 59.4 Å². The third kappa shape index (κ3) is 4.75. The highest BCUT2D eigenvalue weighted by atomic mass is 16.5. The van der Waals surface area contributed by atoms with Crippen LogP contribution in [-0.4, -0.2) is 12.5 Å². The lowest BCUT2D eigenvalue weighted by Crippen LogP contribution is -2.12. The SMILES string of the molecule is CCCCOc1ccc2oc(C)c(C(=O)Nc3ccc(CCCC)cc3)c2c1. The van der Waals surface area contributed by atoms with Crippen LogP contribution in [0.5, 0.6) is 5.75 Å². The number of furan rings is 1. The average molecular weight is 380 g/mol. The summed E-state index contributed by atoms with van der Waals surface area (Å²) in [6, 6.07) is 13.7. The molecule has 1 N–H and O–H groups in total. The summed E-state index contributed by atoms with van der Waals surface area (Å²) in [4.78, 5) is 12.9. The number of anilines is 1. The Bertz CT molecular complexity index is 925. The summed E-state index contributed by atoms with van der Waals surface area (Å²) < 4.78 is 11.6. The van der Waals surface area contributed by atoms with E-state index < -0.39 is 0 Å². The van der Waals surface area contributed by atoms with Crippen molar-refractivity contribution < 1.29 is 13.9 Å². The van der Waals surface area contributed by atoms with Crippen LogP contribution in [0.2, 0.25) is 0 Å². The van der Waals surface area contributed by atoms with Crippen molar-refractivity contribution in [2.75, 3.05) is 11.9 Å². The molecule has 3 rings (SSSR count). The zero-order valence-electron chi connectivity index (χ0n) is 17.0. The Morgan fingerprint density at radius 1 is 1.04 bits per heavy atom. The Morgan fingerprint density at radius 2 is 1.79 bits per heavy atom. The van der Waals surface area contributed by atoms with E-state index in [1.54, 1.807) is 0 Å². The molecule has 0 bridgehead atoms. The van der Waals surface area contributed by atoms with Gasteiger partial charge < -0.3 is 14.5 Å². The predicted octanol–water partition coefficient (Wildman–Crippen LogP) is 6.52.